The van der Waals surface area contributed by atoms with Crippen LogP contribution in [0.2, 0.25) is 0 Å². The molecule has 92 valence electrons. The lowest BCUT2D eigenvalue weighted by atomic mass is 9.98. The van der Waals surface area contributed by atoms with Crippen molar-refractivity contribution in [1.29, 1.82) is 0 Å². The van der Waals surface area contributed by atoms with Crippen LogP contribution < -0.4 is 4.90 Å². The van der Waals surface area contributed by atoms with Crippen molar-refractivity contribution >= 4 is 23.1 Å². The van der Waals surface area contributed by atoms with Crippen molar-refractivity contribution in [3.05, 3.63) is 29.3 Å². The van der Waals surface area contributed by atoms with Crippen LogP contribution in [0.5, 0.6) is 0 Å². The first-order valence-corrected chi connectivity index (χ1v) is 6.76. The van der Waals surface area contributed by atoms with Gasteiger partial charge in [0, 0.05) is 24.3 Å². The summed E-state index contributed by atoms with van der Waals surface area (Å²) in [7, 11) is 0. The average molecular weight is 252 g/mol. The zero-order chi connectivity index (χ0) is 12.3. The minimum Gasteiger partial charge on any atom is -0.371 e. The van der Waals surface area contributed by atoms with Crippen LogP contribution in [-0.2, 0) is 6.42 Å². The zero-order valence-electron chi connectivity index (χ0n) is 10.2. The van der Waals surface area contributed by atoms with E-state index in [1.807, 2.05) is 12.1 Å². The van der Waals surface area contributed by atoms with Gasteiger partial charge in [0.2, 0.25) is 0 Å². The summed E-state index contributed by atoms with van der Waals surface area (Å²) in [5, 5.41) is 0. The lowest BCUT2D eigenvalue weighted by Crippen LogP contribution is -2.30. The Kier molecular flexibility index (Phi) is 4.06. The molecular weight excluding hydrogens is 234 g/mol. The summed E-state index contributed by atoms with van der Waals surface area (Å²) in [6, 6.07) is 5.99. The molecule has 0 aliphatic carbocycles. The van der Waals surface area contributed by atoms with E-state index < -0.39 is 0 Å². The average Bonchev–Trinajstić information content (AvgIpc) is 2.38. The molecule has 1 aromatic rings. The second-order valence-electron chi connectivity index (χ2n) is 4.49. The van der Waals surface area contributed by atoms with E-state index in [1.54, 1.807) is 0 Å². The number of aryl methyl sites for hydroxylation is 1. The molecule has 1 aromatic carbocycles. The van der Waals surface area contributed by atoms with Crippen molar-refractivity contribution in [3.63, 3.8) is 0 Å². The number of benzene rings is 1. The summed E-state index contributed by atoms with van der Waals surface area (Å²) in [6.07, 6.45) is 3.45. The van der Waals surface area contributed by atoms with E-state index >= 15 is 0 Å². The second-order valence-corrected chi connectivity index (χ2v) is 4.76. The molecule has 0 N–H and O–H groups in total. The highest BCUT2D eigenvalue weighted by atomic mass is 35.5. The van der Waals surface area contributed by atoms with Crippen molar-refractivity contribution in [2.75, 3.05) is 23.9 Å². The Hall–Kier alpha value is -1.02. The number of carbonyl (C=O) groups is 1. The maximum Gasteiger partial charge on any atom is 0.177 e. The van der Waals surface area contributed by atoms with Gasteiger partial charge < -0.3 is 4.90 Å². The third-order valence-electron chi connectivity index (χ3n) is 3.24. The van der Waals surface area contributed by atoms with E-state index in [9.17, 15) is 4.79 Å². The SMILES string of the molecule is CCCN1CCCc2ccc(C(=O)CCl)cc21. The third kappa shape index (κ3) is 2.63. The van der Waals surface area contributed by atoms with Gasteiger partial charge in [-0.15, -0.1) is 11.6 Å². The van der Waals surface area contributed by atoms with E-state index in [-0.39, 0.29) is 11.7 Å². The number of anilines is 1. The van der Waals surface area contributed by atoms with Crippen LogP contribution in [0.3, 0.4) is 0 Å². The monoisotopic (exact) mass is 251 g/mol. The van der Waals surface area contributed by atoms with Gasteiger partial charge in [-0.05, 0) is 30.9 Å². The fourth-order valence-electron chi connectivity index (χ4n) is 2.40. The predicted octanol–water partition coefficient (Wildman–Crippen LogP) is 3.27. The van der Waals surface area contributed by atoms with Crippen LogP contribution in [0.25, 0.3) is 0 Å². The standard InChI is InChI=1S/C14H18ClNO/c1-2-7-16-8-3-4-11-5-6-12(9-13(11)16)14(17)10-15/h5-6,9H,2-4,7-8,10H2,1H3. The molecule has 2 nitrogen and oxygen atoms in total. The van der Waals surface area contributed by atoms with Gasteiger partial charge in [0.05, 0.1) is 5.88 Å². The number of rotatable bonds is 4. The van der Waals surface area contributed by atoms with Gasteiger partial charge >= 0.3 is 0 Å². The minimum absolute atomic E-state index is 0.0106. The Morgan fingerprint density at radius 2 is 2.29 bits per heavy atom. The quantitative estimate of drug-likeness (QED) is 0.605. The summed E-state index contributed by atoms with van der Waals surface area (Å²) in [5.74, 6) is 0.0727. The summed E-state index contributed by atoms with van der Waals surface area (Å²) in [5.41, 5.74) is 3.33. The first kappa shape index (κ1) is 12.4. The Balaban J connectivity index is 2.33. The number of hydrogen-bond acceptors (Lipinski definition) is 2. The first-order valence-electron chi connectivity index (χ1n) is 6.23. The molecule has 0 saturated carbocycles. The molecular formula is C14H18ClNO. The molecule has 0 atom stereocenters. The lowest BCUT2D eigenvalue weighted by molar-refractivity contribution is 0.102. The fourth-order valence-corrected chi connectivity index (χ4v) is 2.56. The van der Waals surface area contributed by atoms with Crippen LogP contribution in [0.15, 0.2) is 18.2 Å². The molecule has 0 bridgehead atoms. The van der Waals surface area contributed by atoms with Crippen LogP contribution in [0, 0.1) is 0 Å². The Bertz CT molecular complexity index is 417. The predicted molar refractivity (Wildman–Crippen MR) is 72.3 cm³/mol. The molecule has 3 heteroatoms. The van der Waals surface area contributed by atoms with E-state index in [0.29, 0.717) is 0 Å². The number of alkyl halides is 1. The Labute approximate surface area is 108 Å². The van der Waals surface area contributed by atoms with Gasteiger partial charge in [-0.25, -0.2) is 0 Å². The maximum atomic E-state index is 11.6. The molecule has 1 aliphatic heterocycles. The van der Waals surface area contributed by atoms with Gasteiger partial charge in [-0.1, -0.05) is 19.1 Å². The molecule has 2 rings (SSSR count). The highest BCUT2D eigenvalue weighted by Gasteiger charge is 2.17. The zero-order valence-corrected chi connectivity index (χ0v) is 11.0. The Morgan fingerprint density at radius 3 is 3.00 bits per heavy atom. The van der Waals surface area contributed by atoms with Crippen molar-refractivity contribution in [3.8, 4) is 0 Å². The van der Waals surface area contributed by atoms with Crippen LogP contribution in [0.4, 0.5) is 5.69 Å². The fraction of sp³-hybridized carbons (Fsp3) is 0.500. The van der Waals surface area contributed by atoms with E-state index in [0.717, 1.165) is 31.5 Å². The largest absolute Gasteiger partial charge is 0.371 e. The molecule has 1 heterocycles. The smallest absolute Gasteiger partial charge is 0.177 e. The molecule has 0 radical (unpaired) electrons. The molecule has 0 spiro atoms. The van der Waals surface area contributed by atoms with Gasteiger partial charge in [-0.3, -0.25) is 4.79 Å². The number of halogens is 1. The highest BCUT2D eigenvalue weighted by Crippen LogP contribution is 2.28. The van der Waals surface area contributed by atoms with E-state index in [2.05, 4.69) is 17.9 Å². The molecule has 0 fully saturated rings. The molecule has 0 saturated heterocycles. The molecule has 0 unspecified atom stereocenters. The summed E-state index contributed by atoms with van der Waals surface area (Å²) >= 11 is 5.60. The summed E-state index contributed by atoms with van der Waals surface area (Å²) in [4.78, 5) is 14.0. The third-order valence-corrected chi connectivity index (χ3v) is 3.48. The van der Waals surface area contributed by atoms with E-state index in [1.165, 1.54) is 17.7 Å². The summed E-state index contributed by atoms with van der Waals surface area (Å²) < 4.78 is 0. The second kappa shape index (κ2) is 5.54. The molecule has 1 aliphatic rings. The van der Waals surface area contributed by atoms with Gasteiger partial charge in [0.1, 0.15) is 0 Å². The Morgan fingerprint density at radius 1 is 1.47 bits per heavy atom. The van der Waals surface area contributed by atoms with Crippen molar-refractivity contribution in [2.45, 2.75) is 26.2 Å². The number of hydrogen-bond donors (Lipinski definition) is 0. The van der Waals surface area contributed by atoms with Crippen LogP contribution in [0.1, 0.15) is 35.7 Å². The topological polar surface area (TPSA) is 20.3 Å². The van der Waals surface area contributed by atoms with Crippen molar-refractivity contribution in [2.24, 2.45) is 0 Å². The number of ketones is 1. The molecule has 17 heavy (non-hydrogen) atoms. The van der Waals surface area contributed by atoms with Crippen LogP contribution in [-0.4, -0.2) is 24.8 Å². The first-order chi connectivity index (χ1) is 8.26. The number of carbonyl (C=O) groups excluding carboxylic acids is 1. The van der Waals surface area contributed by atoms with Gasteiger partial charge in [-0.2, -0.15) is 0 Å². The number of fused-ring (bicyclic) bond motifs is 1. The van der Waals surface area contributed by atoms with Crippen molar-refractivity contribution < 1.29 is 4.79 Å². The normalized spacial score (nSPS) is 14.6. The summed E-state index contributed by atoms with van der Waals surface area (Å²) in [6.45, 7) is 4.34. The van der Waals surface area contributed by atoms with Crippen molar-refractivity contribution in [1.82, 2.24) is 0 Å². The lowest BCUT2D eigenvalue weighted by Gasteiger charge is -2.31. The highest BCUT2D eigenvalue weighted by molar-refractivity contribution is 6.30. The minimum atomic E-state index is 0.0106. The molecule has 0 aromatic heterocycles. The maximum absolute atomic E-state index is 11.6. The van der Waals surface area contributed by atoms with Gasteiger partial charge in [0.15, 0.2) is 5.78 Å². The number of Topliss-reactive ketones (excluding diaryl/α,β-unsaturated/α-hetero) is 1. The van der Waals surface area contributed by atoms with E-state index in [4.69, 9.17) is 11.6 Å². The van der Waals surface area contributed by atoms with Gasteiger partial charge in [0.25, 0.3) is 0 Å². The molecule has 0 amide bonds. The number of nitrogens with zero attached hydrogens (tertiary/aromatic N) is 1. The van der Waals surface area contributed by atoms with Crippen LogP contribution >= 0.6 is 11.6 Å².